The number of aromatic nitrogens is 2. The van der Waals surface area contributed by atoms with E-state index >= 15 is 0 Å². The first kappa shape index (κ1) is 17.2. The first-order valence-corrected chi connectivity index (χ1v) is 8.11. The molecule has 0 unspecified atom stereocenters. The monoisotopic (exact) mass is 362 g/mol. The van der Waals surface area contributed by atoms with E-state index in [0.29, 0.717) is 37.7 Å². The van der Waals surface area contributed by atoms with Crippen LogP contribution in [0.4, 0.5) is 0 Å². The third-order valence-electron chi connectivity index (χ3n) is 3.78. The Balaban J connectivity index is 2.07. The van der Waals surface area contributed by atoms with Crippen molar-refractivity contribution >= 4 is 18.4 Å². The number of aromatic amines is 1. The summed E-state index contributed by atoms with van der Waals surface area (Å²) in [4.78, 5) is 14.8. The lowest BCUT2D eigenvalue weighted by Gasteiger charge is -2.23. The number of aromatic hydroxyl groups is 1. The summed E-state index contributed by atoms with van der Waals surface area (Å²) in [5.41, 5.74) is 0.0291. The number of nitrogens with zero attached hydrogens (tertiary/aromatic N) is 3. The molecule has 1 aliphatic rings. The summed E-state index contributed by atoms with van der Waals surface area (Å²) in [5, 5.41) is 16.7. The van der Waals surface area contributed by atoms with Crippen LogP contribution in [0.2, 0.25) is 0 Å². The zero-order chi connectivity index (χ0) is 17.8. The topological polar surface area (TPSA) is 92.1 Å². The summed E-state index contributed by atoms with van der Waals surface area (Å²) >= 11 is 5.21. The minimum atomic E-state index is -0.509. The lowest BCUT2D eigenvalue weighted by molar-refractivity contribution is 0.0396. The van der Waals surface area contributed by atoms with Crippen LogP contribution in [-0.4, -0.2) is 59.3 Å². The van der Waals surface area contributed by atoms with E-state index in [1.54, 1.807) is 29.3 Å². The number of nitrogens with one attached hydrogen (secondary N) is 1. The van der Waals surface area contributed by atoms with Crippen LogP contribution < -0.4 is 10.3 Å². The number of ether oxygens (including phenoxy) is 2. The summed E-state index contributed by atoms with van der Waals surface area (Å²) in [6.45, 7) is 2.40. The van der Waals surface area contributed by atoms with Gasteiger partial charge >= 0.3 is 0 Å². The highest BCUT2D eigenvalue weighted by Gasteiger charge is 2.16. The Bertz CT molecular complexity index is 900. The molecule has 1 aromatic heterocycles. The molecule has 0 saturated carbocycles. The van der Waals surface area contributed by atoms with Crippen LogP contribution >= 0.6 is 12.2 Å². The fourth-order valence-electron chi connectivity index (χ4n) is 2.50. The molecule has 1 aliphatic heterocycles. The second-order valence-corrected chi connectivity index (χ2v) is 5.70. The predicted octanol–water partition coefficient (Wildman–Crippen LogP) is 1.28. The number of methoxy groups -OCH3 is 1. The molecule has 0 amide bonds. The number of para-hydroxylation sites is 2. The van der Waals surface area contributed by atoms with Gasteiger partial charge in [-0.1, -0.05) is 12.1 Å². The molecule has 2 N–H and O–H groups in total. The Hall–Kier alpha value is -2.65. The summed E-state index contributed by atoms with van der Waals surface area (Å²) < 4.78 is 12.0. The van der Waals surface area contributed by atoms with Crippen LogP contribution in [0.1, 0.15) is 5.56 Å². The summed E-state index contributed by atoms with van der Waals surface area (Å²) in [6.07, 6.45) is 1.33. The van der Waals surface area contributed by atoms with Gasteiger partial charge in [0.25, 0.3) is 5.56 Å². The fraction of sp³-hybridized carbons (Fsp3) is 0.312. The Morgan fingerprint density at radius 3 is 2.80 bits per heavy atom. The van der Waals surface area contributed by atoms with Gasteiger partial charge < -0.3 is 14.6 Å². The van der Waals surface area contributed by atoms with Crippen LogP contribution in [0.25, 0.3) is 5.69 Å². The standard InChI is InChI=1S/C16H18N4O4S/c1-23-13-5-3-2-4-12(13)20-15(22)11(14(21)18-16(20)25)10-17-19-6-8-24-9-7-19/h2-5,10,22H,6-9H2,1H3,(H,18,21,25). The average molecular weight is 362 g/mol. The SMILES string of the molecule is COc1ccccc1-n1c(O)c(C=NN2CCOCC2)c(=O)[nH]c1=S. The molecule has 2 aromatic rings. The third kappa shape index (κ3) is 3.57. The summed E-state index contributed by atoms with van der Waals surface area (Å²) in [6, 6.07) is 7.06. The van der Waals surface area contributed by atoms with Gasteiger partial charge in [-0.05, 0) is 24.4 Å². The van der Waals surface area contributed by atoms with Crippen molar-refractivity contribution in [2.45, 2.75) is 0 Å². The van der Waals surface area contributed by atoms with Crippen molar-refractivity contribution in [1.82, 2.24) is 14.6 Å². The zero-order valence-corrected chi connectivity index (χ0v) is 14.5. The Labute approximate surface area is 148 Å². The molecule has 3 rings (SSSR count). The second-order valence-electron chi connectivity index (χ2n) is 5.31. The number of morpholine rings is 1. The molecule has 0 aliphatic carbocycles. The van der Waals surface area contributed by atoms with Gasteiger partial charge in [0, 0.05) is 0 Å². The number of hydrazone groups is 1. The van der Waals surface area contributed by atoms with E-state index in [4.69, 9.17) is 21.7 Å². The second kappa shape index (κ2) is 7.49. The molecular weight excluding hydrogens is 344 g/mol. The van der Waals surface area contributed by atoms with E-state index in [2.05, 4.69) is 10.1 Å². The van der Waals surface area contributed by atoms with Crippen molar-refractivity contribution in [2.75, 3.05) is 33.4 Å². The third-order valence-corrected chi connectivity index (χ3v) is 4.07. The minimum absolute atomic E-state index is 0.0194. The molecule has 0 spiro atoms. The average Bonchev–Trinajstić information content (AvgIpc) is 2.62. The van der Waals surface area contributed by atoms with E-state index < -0.39 is 5.56 Å². The molecule has 2 heterocycles. The van der Waals surface area contributed by atoms with Gasteiger partial charge in [0.05, 0.1) is 45.3 Å². The zero-order valence-electron chi connectivity index (χ0n) is 13.6. The van der Waals surface area contributed by atoms with Crippen molar-refractivity contribution in [3.8, 4) is 17.3 Å². The van der Waals surface area contributed by atoms with E-state index in [1.807, 2.05) is 0 Å². The van der Waals surface area contributed by atoms with Crippen molar-refractivity contribution in [2.24, 2.45) is 5.10 Å². The highest BCUT2D eigenvalue weighted by Crippen LogP contribution is 2.26. The van der Waals surface area contributed by atoms with Gasteiger partial charge in [-0.25, -0.2) is 0 Å². The van der Waals surface area contributed by atoms with Gasteiger partial charge in [-0.2, -0.15) is 5.10 Å². The van der Waals surface area contributed by atoms with Crippen molar-refractivity contribution in [1.29, 1.82) is 0 Å². The largest absolute Gasteiger partial charge is 0.495 e. The summed E-state index contributed by atoms with van der Waals surface area (Å²) in [7, 11) is 1.52. The molecule has 1 aromatic carbocycles. The van der Waals surface area contributed by atoms with Gasteiger partial charge in [0.1, 0.15) is 11.3 Å². The highest BCUT2D eigenvalue weighted by molar-refractivity contribution is 7.71. The lowest BCUT2D eigenvalue weighted by atomic mass is 10.2. The molecule has 0 bridgehead atoms. The number of hydrogen-bond donors (Lipinski definition) is 2. The number of benzene rings is 1. The van der Waals surface area contributed by atoms with E-state index in [-0.39, 0.29) is 16.2 Å². The van der Waals surface area contributed by atoms with E-state index in [0.717, 1.165) is 0 Å². The van der Waals surface area contributed by atoms with E-state index in [9.17, 15) is 9.90 Å². The lowest BCUT2D eigenvalue weighted by Crippen LogP contribution is -2.32. The maximum absolute atomic E-state index is 12.2. The predicted molar refractivity (Wildman–Crippen MR) is 95.4 cm³/mol. The number of H-pyrrole nitrogens is 1. The van der Waals surface area contributed by atoms with Crippen LogP contribution in [0.15, 0.2) is 34.2 Å². The van der Waals surface area contributed by atoms with Gasteiger partial charge in [0.2, 0.25) is 5.88 Å². The molecule has 1 saturated heterocycles. The number of rotatable bonds is 4. The van der Waals surface area contributed by atoms with Crippen LogP contribution in [0, 0.1) is 4.77 Å². The molecule has 132 valence electrons. The maximum atomic E-state index is 12.2. The molecule has 8 nitrogen and oxygen atoms in total. The first-order valence-electron chi connectivity index (χ1n) is 7.70. The van der Waals surface area contributed by atoms with Gasteiger partial charge in [-0.15, -0.1) is 0 Å². The molecular formula is C16H18N4O4S. The fourth-order valence-corrected chi connectivity index (χ4v) is 2.78. The van der Waals surface area contributed by atoms with Gasteiger partial charge in [-0.3, -0.25) is 19.4 Å². The highest BCUT2D eigenvalue weighted by atomic mass is 32.1. The van der Waals surface area contributed by atoms with E-state index in [1.165, 1.54) is 17.9 Å². The minimum Gasteiger partial charge on any atom is -0.495 e. The normalized spacial score (nSPS) is 14.8. The smallest absolute Gasteiger partial charge is 0.264 e. The van der Waals surface area contributed by atoms with Crippen molar-refractivity contribution in [3.63, 3.8) is 0 Å². The van der Waals surface area contributed by atoms with Gasteiger partial charge in [0.15, 0.2) is 4.77 Å². The summed E-state index contributed by atoms with van der Waals surface area (Å²) in [5.74, 6) is 0.215. The Kier molecular flexibility index (Phi) is 5.15. The van der Waals surface area contributed by atoms with Crippen LogP contribution in [-0.2, 0) is 4.74 Å². The Morgan fingerprint density at radius 2 is 2.08 bits per heavy atom. The van der Waals surface area contributed by atoms with Crippen LogP contribution in [0.5, 0.6) is 11.6 Å². The van der Waals surface area contributed by atoms with Crippen LogP contribution in [0.3, 0.4) is 0 Å². The molecule has 25 heavy (non-hydrogen) atoms. The number of hydrogen-bond acceptors (Lipinski definition) is 7. The maximum Gasteiger partial charge on any atom is 0.264 e. The Morgan fingerprint density at radius 1 is 1.36 bits per heavy atom. The molecule has 1 fully saturated rings. The quantitative estimate of drug-likeness (QED) is 0.629. The molecule has 0 atom stereocenters. The first-order chi connectivity index (χ1) is 12.1. The molecule has 0 radical (unpaired) electrons. The van der Waals surface area contributed by atoms with Crippen molar-refractivity contribution in [3.05, 3.63) is 45.0 Å². The molecule has 9 heteroatoms. The van der Waals surface area contributed by atoms with Crippen molar-refractivity contribution < 1.29 is 14.6 Å².